The highest BCUT2D eigenvalue weighted by Crippen LogP contribution is 2.22. The van der Waals surface area contributed by atoms with Crippen LogP contribution in [0.5, 0.6) is 11.5 Å². The lowest BCUT2D eigenvalue weighted by atomic mass is 10.2. The topological polar surface area (TPSA) is 77.0 Å². The molecule has 0 saturated carbocycles. The molecule has 1 N–H and O–H groups in total. The normalized spacial score (nSPS) is 11.5. The number of hydrogen-bond acceptors (Lipinski definition) is 5. The van der Waals surface area contributed by atoms with Crippen molar-refractivity contribution < 1.29 is 17.9 Å². The molecule has 0 radical (unpaired) electrons. The van der Waals surface area contributed by atoms with Gasteiger partial charge in [0, 0.05) is 5.56 Å². The number of benzene rings is 2. The van der Waals surface area contributed by atoms with Gasteiger partial charge in [0.2, 0.25) is 0 Å². The van der Waals surface area contributed by atoms with Crippen molar-refractivity contribution in [2.45, 2.75) is 18.7 Å². The van der Waals surface area contributed by atoms with Crippen LogP contribution in [0.3, 0.4) is 0 Å². The van der Waals surface area contributed by atoms with Crippen LogP contribution in [-0.4, -0.2) is 28.3 Å². The number of rotatable bonds is 7. The van der Waals surface area contributed by atoms with Gasteiger partial charge in [0.05, 0.1) is 24.8 Å². The fourth-order valence-corrected chi connectivity index (χ4v) is 2.80. The van der Waals surface area contributed by atoms with Gasteiger partial charge in [0.15, 0.2) is 0 Å². The summed E-state index contributed by atoms with van der Waals surface area (Å²) >= 11 is 0. The van der Waals surface area contributed by atoms with Crippen LogP contribution in [0.15, 0.2) is 52.5 Å². The first-order chi connectivity index (χ1) is 11.5. The van der Waals surface area contributed by atoms with E-state index in [-0.39, 0.29) is 4.90 Å². The third-order valence-electron chi connectivity index (χ3n) is 3.22. The minimum absolute atomic E-state index is 0.153. The Morgan fingerprint density at radius 1 is 1.17 bits per heavy atom. The average Bonchev–Trinajstić information content (AvgIpc) is 2.56. The first-order valence-corrected chi connectivity index (χ1v) is 8.87. The second-order valence-electron chi connectivity index (χ2n) is 5.00. The second-order valence-corrected chi connectivity index (χ2v) is 6.66. The Bertz CT molecular complexity index is 815. The van der Waals surface area contributed by atoms with Crippen molar-refractivity contribution in [2.75, 3.05) is 13.7 Å². The maximum Gasteiger partial charge on any atom is 0.276 e. The molecule has 0 aliphatic carbocycles. The molecule has 0 bridgehead atoms. The van der Waals surface area contributed by atoms with Crippen LogP contribution in [-0.2, 0) is 10.0 Å². The summed E-state index contributed by atoms with van der Waals surface area (Å²) in [6.07, 6.45) is 1.38. The van der Waals surface area contributed by atoms with Gasteiger partial charge in [-0.05, 0) is 44.2 Å². The van der Waals surface area contributed by atoms with Crippen LogP contribution in [0, 0.1) is 6.92 Å². The van der Waals surface area contributed by atoms with Gasteiger partial charge in [-0.25, -0.2) is 4.83 Å². The molecule has 0 aromatic heterocycles. The Morgan fingerprint density at radius 2 is 1.88 bits per heavy atom. The molecule has 0 unspecified atom stereocenters. The van der Waals surface area contributed by atoms with Gasteiger partial charge < -0.3 is 9.47 Å². The molecule has 0 heterocycles. The summed E-state index contributed by atoms with van der Waals surface area (Å²) in [6, 6.07) is 11.8. The smallest absolute Gasteiger partial charge is 0.276 e. The van der Waals surface area contributed by atoms with E-state index in [9.17, 15) is 8.42 Å². The van der Waals surface area contributed by atoms with Gasteiger partial charge in [0.1, 0.15) is 11.5 Å². The van der Waals surface area contributed by atoms with Crippen molar-refractivity contribution in [2.24, 2.45) is 5.10 Å². The monoisotopic (exact) mass is 348 g/mol. The predicted octanol–water partition coefficient (Wildman–Crippen LogP) is 2.71. The first kappa shape index (κ1) is 17.8. The summed E-state index contributed by atoms with van der Waals surface area (Å²) in [5.41, 5.74) is 1.59. The SMILES string of the molecule is CCOc1ccc(OC)c(/C=N\NS(=O)(=O)c2ccc(C)cc2)c1. The van der Waals surface area contributed by atoms with E-state index < -0.39 is 10.0 Å². The zero-order chi connectivity index (χ0) is 17.6. The van der Waals surface area contributed by atoms with Crippen LogP contribution in [0.2, 0.25) is 0 Å². The average molecular weight is 348 g/mol. The van der Waals surface area contributed by atoms with Crippen molar-refractivity contribution in [3.8, 4) is 11.5 Å². The van der Waals surface area contributed by atoms with E-state index in [1.165, 1.54) is 25.5 Å². The van der Waals surface area contributed by atoms with Crippen molar-refractivity contribution >= 4 is 16.2 Å². The lowest BCUT2D eigenvalue weighted by Gasteiger charge is -2.08. The maximum absolute atomic E-state index is 12.2. The largest absolute Gasteiger partial charge is 0.496 e. The highest BCUT2D eigenvalue weighted by molar-refractivity contribution is 7.89. The molecular formula is C17H20N2O4S. The number of hydrazone groups is 1. The molecule has 2 aromatic rings. The van der Waals surface area contributed by atoms with E-state index in [0.29, 0.717) is 23.7 Å². The molecule has 0 spiro atoms. The number of nitrogens with zero attached hydrogens (tertiary/aromatic N) is 1. The lowest BCUT2D eigenvalue weighted by Crippen LogP contribution is -2.18. The van der Waals surface area contributed by atoms with Gasteiger partial charge in [-0.2, -0.15) is 13.5 Å². The van der Waals surface area contributed by atoms with Crippen molar-refractivity contribution in [1.82, 2.24) is 4.83 Å². The Balaban J connectivity index is 2.18. The standard InChI is InChI=1S/C17H20N2O4S/c1-4-23-15-7-10-17(22-3)14(11-15)12-18-19-24(20,21)16-8-5-13(2)6-9-16/h5-12,19H,4H2,1-3H3/b18-12-. The number of sulfonamides is 1. The molecule has 0 amide bonds. The lowest BCUT2D eigenvalue weighted by molar-refractivity contribution is 0.339. The summed E-state index contributed by atoms with van der Waals surface area (Å²) in [6.45, 7) is 4.30. The molecule has 2 aromatic carbocycles. The number of hydrogen-bond donors (Lipinski definition) is 1. The van der Waals surface area contributed by atoms with Crippen LogP contribution in [0.1, 0.15) is 18.1 Å². The predicted molar refractivity (Wildman–Crippen MR) is 93.3 cm³/mol. The summed E-state index contributed by atoms with van der Waals surface area (Å²) < 4.78 is 35.0. The summed E-state index contributed by atoms with van der Waals surface area (Å²) in [7, 11) is -2.18. The molecule has 0 atom stereocenters. The van der Waals surface area contributed by atoms with E-state index in [1.807, 2.05) is 13.8 Å². The van der Waals surface area contributed by atoms with Gasteiger partial charge in [-0.15, -0.1) is 0 Å². The van der Waals surface area contributed by atoms with Gasteiger partial charge in [-0.3, -0.25) is 0 Å². The third-order valence-corrected chi connectivity index (χ3v) is 4.46. The van der Waals surface area contributed by atoms with Crippen LogP contribution in [0.4, 0.5) is 0 Å². The van der Waals surface area contributed by atoms with Crippen molar-refractivity contribution in [3.05, 3.63) is 53.6 Å². The summed E-state index contributed by atoms with van der Waals surface area (Å²) in [4.78, 5) is 2.34. The Labute approximate surface area is 142 Å². The summed E-state index contributed by atoms with van der Waals surface area (Å²) in [5, 5.41) is 3.82. The first-order valence-electron chi connectivity index (χ1n) is 7.38. The molecule has 0 aliphatic rings. The molecule has 0 fully saturated rings. The Morgan fingerprint density at radius 3 is 2.50 bits per heavy atom. The molecule has 7 heteroatoms. The molecule has 128 valence electrons. The second kappa shape index (κ2) is 7.83. The Kier molecular flexibility index (Phi) is 5.81. The molecule has 0 saturated heterocycles. The highest BCUT2D eigenvalue weighted by atomic mass is 32.2. The highest BCUT2D eigenvalue weighted by Gasteiger charge is 2.12. The number of ether oxygens (including phenoxy) is 2. The van der Waals surface area contributed by atoms with Gasteiger partial charge >= 0.3 is 0 Å². The number of aryl methyl sites for hydroxylation is 1. The van der Waals surface area contributed by atoms with E-state index in [1.54, 1.807) is 30.3 Å². The molecule has 24 heavy (non-hydrogen) atoms. The fourth-order valence-electron chi connectivity index (χ4n) is 2.01. The van der Waals surface area contributed by atoms with Crippen molar-refractivity contribution in [3.63, 3.8) is 0 Å². The van der Waals surface area contributed by atoms with Crippen LogP contribution >= 0.6 is 0 Å². The van der Waals surface area contributed by atoms with Crippen LogP contribution < -0.4 is 14.3 Å². The quantitative estimate of drug-likeness (QED) is 0.616. The zero-order valence-corrected chi connectivity index (χ0v) is 14.6. The molecule has 0 aliphatic heterocycles. The number of nitrogens with one attached hydrogen (secondary N) is 1. The minimum Gasteiger partial charge on any atom is -0.496 e. The van der Waals surface area contributed by atoms with E-state index in [0.717, 1.165) is 5.56 Å². The summed E-state index contributed by atoms with van der Waals surface area (Å²) in [5.74, 6) is 1.22. The van der Waals surface area contributed by atoms with E-state index in [4.69, 9.17) is 9.47 Å². The maximum atomic E-state index is 12.2. The van der Waals surface area contributed by atoms with E-state index >= 15 is 0 Å². The van der Waals surface area contributed by atoms with Crippen LogP contribution in [0.25, 0.3) is 0 Å². The zero-order valence-electron chi connectivity index (χ0n) is 13.8. The fraction of sp³-hybridized carbons (Fsp3) is 0.235. The van der Waals surface area contributed by atoms with E-state index in [2.05, 4.69) is 9.93 Å². The molecule has 6 nitrogen and oxygen atoms in total. The van der Waals surface area contributed by atoms with Gasteiger partial charge in [-0.1, -0.05) is 17.7 Å². The molecular weight excluding hydrogens is 328 g/mol. The molecule has 2 rings (SSSR count). The van der Waals surface area contributed by atoms with Crippen molar-refractivity contribution in [1.29, 1.82) is 0 Å². The minimum atomic E-state index is -3.71. The third kappa shape index (κ3) is 4.48. The van der Waals surface area contributed by atoms with Gasteiger partial charge in [0.25, 0.3) is 10.0 Å². The number of methoxy groups -OCH3 is 1. The Hall–Kier alpha value is -2.54.